The standard InChI is InChI=1S/C52H33NS2/c1-2-20-42-34(12-1)13-10-23-43(42)37-15-8-18-40(31-37)53(39-17-7-14-35(30-39)36-28-29-51-48(33-36)46-22-4-5-26-49(46)54-51)41-19-9-16-38(32-41)44-24-11-25-47-45-21-3-6-27-50(45)55-52(44)47/h1-33H. The lowest BCUT2D eigenvalue weighted by molar-refractivity contribution is 1.28. The molecule has 2 aromatic heterocycles. The Hall–Kier alpha value is -6.52. The molecular formula is C52H33NS2. The second-order valence-corrected chi connectivity index (χ2v) is 16.2. The molecule has 0 aliphatic rings. The second kappa shape index (κ2) is 13.1. The van der Waals surface area contributed by atoms with E-state index in [4.69, 9.17) is 0 Å². The normalized spacial score (nSPS) is 11.6. The first-order chi connectivity index (χ1) is 27.2. The van der Waals surface area contributed by atoms with Crippen LogP contribution in [0, 0.1) is 0 Å². The minimum Gasteiger partial charge on any atom is -0.310 e. The number of anilines is 3. The van der Waals surface area contributed by atoms with Crippen LogP contribution in [0.5, 0.6) is 0 Å². The van der Waals surface area contributed by atoms with E-state index in [1.54, 1.807) is 0 Å². The Morgan fingerprint density at radius 2 is 0.782 bits per heavy atom. The van der Waals surface area contributed by atoms with E-state index in [-0.39, 0.29) is 0 Å². The topological polar surface area (TPSA) is 3.24 Å². The molecule has 0 aliphatic carbocycles. The lowest BCUT2D eigenvalue weighted by Crippen LogP contribution is -2.10. The zero-order chi connectivity index (χ0) is 36.3. The van der Waals surface area contributed by atoms with Crippen molar-refractivity contribution >= 4 is 90.9 Å². The molecule has 0 unspecified atom stereocenters. The predicted molar refractivity (Wildman–Crippen MR) is 241 cm³/mol. The van der Waals surface area contributed by atoms with Crippen LogP contribution in [0.25, 0.3) is 84.5 Å². The van der Waals surface area contributed by atoms with E-state index in [9.17, 15) is 0 Å². The van der Waals surface area contributed by atoms with Gasteiger partial charge in [-0.15, -0.1) is 22.7 Å². The molecule has 55 heavy (non-hydrogen) atoms. The quantitative estimate of drug-likeness (QED) is 0.164. The minimum atomic E-state index is 1.11. The van der Waals surface area contributed by atoms with Gasteiger partial charge in [0.25, 0.3) is 0 Å². The van der Waals surface area contributed by atoms with Crippen molar-refractivity contribution in [3.63, 3.8) is 0 Å². The molecule has 0 aliphatic heterocycles. The van der Waals surface area contributed by atoms with E-state index >= 15 is 0 Å². The van der Waals surface area contributed by atoms with E-state index in [1.807, 2.05) is 22.7 Å². The molecule has 11 aromatic rings. The maximum atomic E-state index is 2.42. The predicted octanol–water partition coefficient (Wildman–Crippen LogP) is 16.0. The van der Waals surface area contributed by atoms with Crippen LogP contribution < -0.4 is 4.90 Å². The summed E-state index contributed by atoms with van der Waals surface area (Å²) in [5.74, 6) is 0. The van der Waals surface area contributed by atoms with Gasteiger partial charge in [-0.25, -0.2) is 0 Å². The van der Waals surface area contributed by atoms with E-state index in [1.165, 1.54) is 84.5 Å². The SMILES string of the molecule is c1cc(-c2ccc3sc4ccccc4c3c2)cc(N(c2cccc(-c3cccc4ccccc34)c2)c2cccc(-c3cccc4c3sc3ccccc34)c2)c1. The molecule has 0 saturated heterocycles. The van der Waals surface area contributed by atoms with Gasteiger partial charge < -0.3 is 4.90 Å². The molecule has 11 rings (SSSR count). The molecular weight excluding hydrogens is 703 g/mol. The number of hydrogen-bond donors (Lipinski definition) is 0. The number of hydrogen-bond acceptors (Lipinski definition) is 3. The summed E-state index contributed by atoms with van der Waals surface area (Å²) in [6.07, 6.45) is 0. The van der Waals surface area contributed by atoms with E-state index in [0.717, 1.165) is 17.1 Å². The van der Waals surface area contributed by atoms with Crippen molar-refractivity contribution in [2.45, 2.75) is 0 Å². The fourth-order valence-electron chi connectivity index (χ4n) is 8.25. The number of benzene rings is 9. The Bertz CT molecular complexity index is 3230. The molecule has 0 N–H and O–H groups in total. The highest BCUT2D eigenvalue weighted by Crippen LogP contribution is 2.44. The molecule has 258 valence electrons. The van der Waals surface area contributed by atoms with E-state index in [2.05, 4.69) is 205 Å². The highest BCUT2D eigenvalue weighted by atomic mass is 32.1. The Balaban J connectivity index is 1.09. The summed E-state index contributed by atoms with van der Waals surface area (Å²) >= 11 is 3.74. The largest absolute Gasteiger partial charge is 0.310 e. The maximum absolute atomic E-state index is 2.42. The van der Waals surface area contributed by atoms with Crippen LogP contribution in [0.2, 0.25) is 0 Å². The van der Waals surface area contributed by atoms with Gasteiger partial charge in [-0.05, 0) is 105 Å². The summed E-state index contributed by atoms with van der Waals surface area (Å²) in [5.41, 5.74) is 10.6. The van der Waals surface area contributed by atoms with Gasteiger partial charge in [0.1, 0.15) is 0 Å². The Morgan fingerprint density at radius 3 is 1.55 bits per heavy atom. The molecule has 0 fully saturated rings. The Morgan fingerprint density at radius 1 is 0.291 bits per heavy atom. The third kappa shape index (κ3) is 5.51. The average Bonchev–Trinajstić information content (AvgIpc) is 3.82. The number of rotatable bonds is 6. The number of fused-ring (bicyclic) bond motifs is 7. The fraction of sp³-hybridized carbons (Fsp3) is 0. The molecule has 0 bridgehead atoms. The lowest BCUT2D eigenvalue weighted by atomic mass is 9.97. The first-order valence-electron chi connectivity index (χ1n) is 18.7. The van der Waals surface area contributed by atoms with Crippen molar-refractivity contribution in [1.29, 1.82) is 0 Å². The highest BCUT2D eigenvalue weighted by molar-refractivity contribution is 7.26. The van der Waals surface area contributed by atoms with Gasteiger partial charge in [0, 0.05) is 57.4 Å². The van der Waals surface area contributed by atoms with Crippen molar-refractivity contribution in [1.82, 2.24) is 0 Å². The van der Waals surface area contributed by atoms with Crippen LogP contribution in [0.15, 0.2) is 200 Å². The first kappa shape index (κ1) is 32.0. The summed E-state index contributed by atoms with van der Waals surface area (Å²) in [6, 6.07) is 73.5. The van der Waals surface area contributed by atoms with Gasteiger partial charge in [0.05, 0.1) is 0 Å². The lowest BCUT2D eigenvalue weighted by Gasteiger charge is -2.27. The van der Waals surface area contributed by atoms with Crippen LogP contribution in [-0.2, 0) is 0 Å². The minimum absolute atomic E-state index is 1.11. The van der Waals surface area contributed by atoms with Crippen LogP contribution >= 0.6 is 22.7 Å². The summed E-state index contributed by atoms with van der Waals surface area (Å²) < 4.78 is 5.28. The smallest absolute Gasteiger partial charge is 0.0467 e. The van der Waals surface area contributed by atoms with Crippen LogP contribution in [0.3, 0.4) is 0 Å². The molecule has 3 heteroatoms. The molecule has 0 amide bonds. The summed E-state index contributed by atoms with van der Waals surface area (Å²) in [6.45, 7) is 0. The first-order valence-corrected chi connectivity index (χ1v) is 20.3. The summed E-state index contributed by atoms with van der Waals surface area (Å²) in [5, 5.41) is 7.76. The molecule has 0 radical (unpaired) electrons. The zero-order valence-electron chi connectivity index (χ0n) is 29.8. The zero-order valence-corrected chi connectivity index (χ0v) is 31.4. The van der Waals surface area contributed by atoms with Crippen molar-refractivity contribution in [2.75, 3.05) is 4.90 Å². The van der Waals surface area contributed by atoms with E-state index in [0.29, 0.717) is 0 Å². The van der Waals surface area contributed by atoms with Crippen molar-refractivity contribution < 1.29 is 0 Å². The monoisotopic (exact) mass is 735 g/mol. The van der Waals surface area contributed by atoms with Crippen LogP contribution in [-0.4, -0.2) is 0 Å². The van der Waals surface area contributed by atoms with Gasteiger partial charge in [-0.1, -0.05) is 140 Å². The number of nitrogens with zero attached hydrogens (tertiary/aromatic N) is 1. The fourth-order valence-corrected chi connectivity index (χ4v) is 10.6. The Kier molecular flexibility index (Phi) is 7.61. The van der Waals surface area contributed by atoms with Gasteiger partial charge in [0.2, 0.25) is 0 Å². The van der Waals surface area contributed by atoms with E-state index < -0.39 is 0 Å². The Labute approximate surface area is 327 Å². The van der Waals surface area contributed by atoms with Crippen LogP contribution in [0.1, 0.15) is 0 Å². The van der Waals surface area contributed by atoms with Crippen molar-refractivity contribution in [3.05, 3.63) is 200 Å². The summed E-state index contributed by atoms with van der Waals surface area (Å²) in [4.78, 5) is 2.42. The maximum Gasteiger partial charge on any atom is 0.0467 e. The van der Waals surface area contributed by atoms with Gasteiger partial charge >= 0.3 is 0 Å². The molecule has 0 atom stereocenters. The third-order valence-corrected chi connectivity index (χ3v) is 13.2. The molecule has 2 heterocycles. The van der Waals surface area contributed by atoms with Crippen LogP contribution in [0.4, 0.5) is 17.1 Å². The summed E-state index contributed by atoms with van der Waals surface area (Å²) in [7, 11) is 0. The third-order valence-electron chi connectivity index (χ3n) is 10.8. The second-order valence-electron chi connectivity index (χ2n) is 14.1. The molecule has 0 saturated carbocycles. The highest BCUT2D eigenvalue weighted by Gasteiger charge is 2.18. The number of thiophene rings is 2. The van der Waals surface area contributed by atoms with Gasteiger partial charge in [-0.2, -0.15) is 0 Å². The van der Waals surface area contributed by atoms with Gasteiger partial charge in [0.15, 0.2) is 0 Å². The van der Waals surface area contributed by atoms with Crippen molar-refractivity contribution in [2.24, 2.45) is 0 Å². The van der Waals surface area contributed by atoms with Crippen molar-refractivity contribution in [3.8, 4) is 33.4 Å². The molecule has 9 aromatic carbocycles. The molecule has 1 nitrogen and oxygen atoms in total. The average molecular weight is 736 g/mol. The van der Waals surface area contributed by atoms with Gasteiger partial charge in [-0.3, -0.25) is 0 Å². The molecule has 0 spiro atoms.